The molecule has 1 aromatic carbocycles. The van der Waals surface area contributed by atoms with E-state index in [9.17, 15) is 9.59 Å². The maximum Gasteiger partial charge on any atom is 0.358 e. The first-order valence-corrected chi connectivity index (χ1v) is 8.24. The van der Waals surface area contributed by atoms with Crippen LogP contribution in [-0.4, -0.2) is 32.9 Å². The van der Waals surface area contributed by atoms with Gasteiger partial charge in [0, 0.05) is 6.20 Å². The van der Waals surface area contributed by atoms with Gasteiger partial charge in [-0.3, -0.25) is 9.36 Å². The second-order valence-corrected chi connectivity index (χ2v) is 6.54. The molecule has 0 N–H and O–H groups in total. The van der Waals surface area contributed by atoms with E-state index in [1.807, 2.05) is 28.8 Å². The van der Waals surface area contributed by atoms with Crippen LogP contribution < -0.4 is 4.90 Å². The van der Waals surface area contributed by atoms with E-state index in [1.165, 1.54) is 0 Å². The van der Waals surface area contributed by atoms with Crippen molar-refractivity contribution in [2.45, 2.75) is 25.2 Å². The highest BCUT2D eigenvalue weighted by Gasteiger charge is 2.30. The van der Waals surface area contributed by atoms with Gasteiger partial charge in [0.25, 0.3) is 0 Å². The van der Waals surface area contributed by atoms with Crippen LogP contribution in [0.2, 0.25) is 0 Å². The minimum atomic E-state index is -0.460. The van der Waals surface area contributed by atoms with Crippen molar-refractivity contribution < 1.29 is 14.3 Å². The molecule has 2 aromatic rings. The van der Waals surface area contributed by atoms with Crippen LogP contribution in [0, 0.1) is 0 Å². The average molecular weight is 378 g/mol. The fraction of sp³-hybridized carbons (Fsp3) is 0.312. The molecule has 23 heavy (non-hydrogen) atoms. The number of imidazole rings is 1. The van der Waals surface area contributed by atoms with Gasteiger partial charge in [0.1, 0.15) is 5.82 Å². The Morgan fingerprint density at radius 1 is 1.35 bits per heavy atom. The largest absolute Gasteiger partial charge is 0.461 e. The summed E-state index contributed by atoms with van der Waals surface area (Å²) in [5.41, 5.74) is 1.86. The summed E-state index contributed by atoms with van der Waals surface area (Å²) in [6.07, 6.45) is 1.66. The zero-order chi connectivity index (χ0) is 16.6. The first-order chi connectivity index (χ1) is 11.0. The molecule has 1 aliphatic heterocycles. The maximum atomic E-state index is 12.5. The molecule has 3 rings (SSSR count). The van der Waals surface area contributed by atoms with Crippen molar-refractivity contribution in [2.24, 2.45) is 0 Å². The van der Waals surface area contributed by atoms with E-state index < -0.39 is 5.97 Å². The quantitative estimate of drug-likeness (QED) is 0.609. The average Bonchev–Trinajstić information content (AvgIpc) is 2.98. The van der Waals surface area contributed by atoms with Crippen molar-refractivity contribution in [3.63, 3.8) is 0 Å². The molecule has 0 radical (unpaired) electrons. The molecule has 0 fully saturated rings. The number of esters is 1. The molecule has 120 valence electrons. The van der Waals surface area contributed by atoms with Gasteiger partial charge < -0.3 is 9.64 Å². The van der Waals surface area contributed by atoms with Crippen LogP contribution in [0.5, 0.6) is 0 Å². The minimum Gasteiger partial charge on any atom is -0.461 e. The van der Waals surface area contributed by atoms with E-state index in [0.717, 1.165) is 11.4 Å². The third-order valence-electron chi connectivity index (χ3n) is 3.60. The number of rotatable bonds is 3. The highest BCUT2D eigenvalue weighted by molar-refractivity contribution is 9.10. The molecule has 1 atom stereocenters. The van der Waals surface area contributed by atoms with Crippen molar-refractivity contribution >= 4 is 33.5 Å². The van der Waals surface area contributed by atoms with Gasteiger partial charge >= 0.3 is 5.97 Å². The fourth-order valence-corrected chi connectivity index (χ4v) is 2.82. The molecule has 1 aromatic heterocycles. The molecule has 2 heterocycles. The SMILES string of the molecule is CCOC(=O)c1cn2c(n1)CN(C(=O)C(C)Br)c1ccccc1-2. The lowest BCUT2D eigenvalue weighted by atomic mass is 10.2. The summed E-state index contributed by atoms with van der Waals surface area (Å²) >= 11 is 3.32. The van der Waals surface area contributed by atoms with Crippen molar-refractivity contribution in [2.75, 3.05) is 11.5 Å². The van der Waals surface area contributed by atoms with Gasteiger partial charge in [-0.15, -0.1) is 0 Å². The number of carbonyl (C=O) groups is 2. The first kappa shape index (κ1) is 15.7. The van der Waals surface area contributed by atoms with Crippen LogP contribution in [0.4, 0.5) is 5.69 Å². The summed E-state index contributed by atoms with van der Waals surface area (Å²) in [5, 5.41) is 0. The Kier molecular flexibility index (Phi) is 4.21. The van der Waals surface area contributed by atoms with Crippen molar-refractivity contribution in [3.8, 4) is 5.69 Å². The van der Waals surface area contributed by atoms with E-state index >= 15 is 0 Å². The van der Waals surface area contributed by atoms with Gasteiger partial charge in [-0.25, -0.2) is 9.78 Å². The lowest BCUT2D eigenvalue weighted by Crippen LogP contribution is -2.38. The predicted octanol–water partition coefficient (Wildman–Crippen LogP) is 2.68. The molecular formula is C16H16BrN3O3. The molecule has 0 spiro atoms. The molecule has 1 amide bonds. The summed E-state index contributed by atoms with van der Waals surface area (Å²) in [5.74, 6) is 0.122. The second kappa shape index (κ2) is 6.16. The molecule has 7 heteroatoms. The van der Waals surface area contributed by atoms with E-state index in [1.54, 1.807) is 24.9 Å². The number of anilines is 1. The smallest absolute Gasteiger partial charge is 0.358 e. The van der Waals surface area contributed by atoms with Gasteiger partial charge in [0.05, 0.1) is 29.4 Å². The summed E-state index contributed by atoms with van der Waals surface area (Å²) in [6, 6.07) is 7.55. The number of ether oxygens (including phenoxy) is 1. The normalized spacial score (nSPS) is 14.0. The summed E-state index contributed by atoms with van der Waals surface area (Å²) in [4.78, 5) is 30.1. The van der Waals surface area contributed by atoms with Gasteiger partial charge in [0.2, 0.25) is 5.91 Å². The maximum absolute atomic E-state index is 12.5. The summed E-state index contributed by atoms with van der Waals surface area (Å²) in [6.45, 7) is 4.14. The number of benzene rings is 1. The molecule has 0 bridgehead atoms. The minimum absolute atomic E-state index is 0.0515. The van der Waals surface area contributed by atoms with Crippen LogP contribution in [0.3, 0.4) is 0 Å². The Balaban J connectivity index is 2.07. The monoisotopic (exact) mass is 377 g/mol. The number of fused-ring (bicyclic) bond motifs is 3. The highest BCUT2D eigenvalue weighted by atomic mass is 79.9. The third kappa shape index (κ3) is 2.76. The number of carbonyl (C=O) groups excluding carboxylic acids is 2. The second-order valence-electron chi connectivity index (χ2n) is 5.16. The fourth-order valence-electron chi connectivity index (χ4n) is 2.58. The molecule has 1 aliphatic rings. The molecule has 0 aliphatic carbocycles. The van der Waals surface area contributed by atoms with Crippen LogP contribution >= 0.6 is 15.9 Å². The van der Waals surface area contributed by atoms with Gasteiger partial charge in [-0.1, -0.05) is 28.1 Å². The predicted molar refractivity (Wildman–Crippen MR) is 89.1 cm³/mol. The lowest BCUT2D eigenvalue weighted by Gasteiger charge is -2.30. The number of hydrogen-bond donors (Lipinski definition) is 0. The van der Waals surface area contributed by atoms with E-state index in [0.29, 0.717) is 19.0 Å². The van der Waals surface area contributed by atoms with Gasteiger partial charge in [-0.05, 0) is 26.0 Å². The van der Waals surface area contributed by atoms with Crippen LogP contribution in [-0.2, 0) is 16.1 Å². The molecule has 0 saturated carbocycles. The summed E-state index contributed by atoms with van der Waals surface area (Å²) < 4.78 is 6.84. The lowest BCUT2D eigenvalue weighted by molar-refractivity contribution is -0.117. The number of nitrogens with zero attached hydrogens (tertiary/aromatic N) is 3. The number of aromatic nitrogens is 2. The number of alkyl halides is 1. The van der Waals surface area contributed by atoms with Crippen LogP contribution in [0.15, 0.2) is 30.5 Å². The highest BCUT2D eigenvalue weighted by Crippen LogP contribution is 2.32. The number of halogens is 1. The van der Waals surface area contributed by atoms with Crippen LogP contribution in [0.25, 0.3) is 5.69 Å². The summed E-state index contributed by atoms with van der Waals surface area (Å²) in [7, 11) is 0. The zero-order valence-corrected chi connectivity index (χ0v) is 14.4. The molecule has 6 nitrogen and oxygen atoms in total. The Morgan fingerprint density at radius 2 is 2.04 bits per heavy atom. The molecule has 1 unspecified atom stereocenters. The van der Waals surface area contributed by atoms with E-state index in [-0.39, 0.29) is 16.4 Å². The number of para-hydroxylation sites is 2. The van der Waals surface area contributed by atoms with Gasteiger partial charge in [-0.2, -0.15) is 0 Å². The molecule has 0 saturated heterocycles. The van der Waals surface area contributed by atoms with E-state index in [2.05, 4.69) is 20.9 Å². The van der Waals surface area contributed by atoms with Crippen molar-refractivity contribution in [1.82, 2.24) is 9.55 Å². The Morgan fingerprint density at radius 3 is 2.70 bits per heavy atom. The number of hydrogen-bond acceptors (Lipinski definition) is 4. The van der Waals surface area contributed by atoms with Crippen LogP contribution in [0.1, 0.15) is 30.2 Å². The Bertz CT molecular complexity index is 770. The first-order valence-electron chi connectivity index (χ1n) is 7.33. The standard InChI is InChI=1S/C16H16BrN3O3/c1-3-23-16(22)11-8-19-12-6-4-5-7-13(12)20(9-14(19)18-11)15(21)10(2)17/h4-8,10H,3,9H2,1-2H3. The Hall–Kier alpha value is -2.15. The van der Waals surface area contributed by atoms with Gasteiger partial charge in [0.15, 0.2) is 5.69 Å². The zero-order valence-electron chi connectivity index (χ0n) is 12.8. The van der Waals surface area contributed by atoms with E-state index in [4.69, 9.17) is 4.74 Å². The molecular weight excluding hydrogens is 362 g/mol. The van der Waals surface area contributed by atoms with Crippen molar-refractivity contribution in [1.29, 1.82) is 0 Å². The Labute approximate surface area is 142 Å². The number of amides is 1. The van der Waals surface area contributed by atoms with Crippen molar-refractivity contribution in [3.05, 3.63) is 42.0 Å². The third-order valence-corrected chi connectivity index (χ3v) is 3.99. The topological polar surface area (TPSA) is 64.4 Å².